The van der Waals surface area contributed by atoms with Crippen LogP contribution in [0.25, 0.3) is 0 Å². The van der Waals surface area contributed by atoms with Crippen molar-refractivity contribution in [2.45, 2.75) is 25.8 Å². The maximum atomic E-state index is 11.8. The van der Waals surface area contributed by atoms with Crippen molar-refractivity contribution in [3.63, 3.8) is 0 Å². The van der Waals surface area contributed by atoms with E-state index in [1.54, 1.807) is 12.3 Å². The second kappa shape index (κ2) is 6.52. The molecular weight excluding hydrogens is 332 g/mol. The van der Waals surface area contributed by atoms with Gasteiger partial charge in [0.15, 0.2) is 5.69 Å². The van der Waals surface area contributed by atoms with Crippen LogP contribution in [-0.4, -0.2) is 34.5 Å². The summed E-state index contributed by atoms with van der Waals surface area (Å²) in [6, 6.07) is 2.88. The van der Waals surface area contributed by atoms with Crippen LogP contribution in [0.4, 0.5) is 11.5 Å². The second-order valence-corrected chi connectivity index (χ2v) is 6.64. The molecule has 1 fully saturated rings. The predicted molar refractivity (Wildman–Crippen MR) is 88.4 cm³/mol. The maximum absolute atomic E-state index is 11.8. The Kier molecular flexibility index (Phi) is 4.43. The Morgan fingerprint density at radius 3 is 3.04 bits per heavy atom. The zero-order valence-electron chi connectivity index (χ0n) is 13.3. The van der Waals surface area contributed by atoms with Gasteiger partial charge in [0.05, 0.1) is 18.1 Å². The molecule has 0 aromatic carbocycles. The van der Waals surface area contributed by atoms with Gasteiger partial charge >= 0.3 is 11.7 Å². The summed E-state index contributed by atoms with van der Waals surface area (Å²) in [4.78, 5) is 33.9. The number of carbonyl (C=O) groups is 1. The van der Waals surface area contributed by atoms with Crippen molar-refractivity contribution in [3.05, 3.63) is 44.0 Å². The lowest BCUT2D eigenvalue weighted by molar-refractivity contribution is -0.384. The standard InChI is InChI=1S/C15H16N4O4S/c1-9-12(15(20)23-2)17-14(24-9)11-6-4-8-18(11)13-10(19(21)22)5-3-7-16-13/h3,5,7,11H,4,6,8H2,1-2H3. The van der Waals surface area contributed by atoms with Crippen molar-refractivity contribution < 1.29 is 14.5 Å². The van der Waals surface area contributed by atoms with Gasteiger partial charge in [0, 0.05) is 23.7 Å². The number of ether oxygens (including phenoxy) is 1. The molecule has 1 aliphatic rings. The SMILES string of the molecule is COC(=O)c1nc(C2CCCN2c2ncccc2[N+](=O)[O-])sc1C. The number of hydrogen-bond donors (Lipinski definition) is 0. The fraction of sp³-hybridized carbons (Fsp3) is 0.400. The Bertz CT molecular complexity index is 792. The number of methoxy groups -OCH3 is 1. The summed E-state index contributed by atoms with van der Waals surface area (Å²) < 4.78 is 4.75. The molecule has 0 bridgehead atoms. The predicted octanol–water partition coefficient (Wildman–Crippen LogP) is 2.88. The minimum Gasteiger partial charge on any atom is -0.464 e. The molecule has 9 heteroatoms. The minimum atomic E-state index is -0.469. The van der Waals surface area contributed by atoms with Crippen LogP contribution in [-0.2, 0) is 4.74 Å². The Morgan fingerprint density at radius 1 is 1.54 bits per heavy atom. The van der Waals surface area contributed by atoms with Crippen molar-refractivity contribution in [2.75, 3.05) is 18.6 Å². The number of nitrogens with zero attached hydrogens (tertiary/aromatic N) is 4. The van der Waals surface area contributed by atoms with Crippen molar-refractivity contribution in [2.24, 2.45) is 0 Å². The zero-order valence-corrected chi connectivity index (χ0v) is 14.1. The number of aryl methyl sites for hydroxylation is 1. The third kappa shape index (κ3) is 2.82. The highest BCUT2D eigenvalue weighted by atomic mass is 32.1. The van der Waals surface area contributed by atoms with Gasteiger partial charge in [-0.2, -0.15) is 0 Å². The number of carbonyl (C=O) groups excluding carboxylic acids is 1. The topological polar surface area (TPSA) is 98.5 Å². The Hall–Kier alpha value is -2.55. The third-order valence-corrected chi connectivity index (χ3v) is 5.04. The largest absolute Gasteiger partial charge is 0.464 e. The third-order valence-electron chi connectivity index (χ3n) is 3.96. The first-order chi connectivity index (χ1) is 11.5. The normalized spacial score (nSPS) is 17.1. The molecule has 1 aliphatic heterocycles. The molecule has 126 valence electrons. The van der Waals surface area contributed by atoms with Crippen molar-refractivity contribution in [3.8, 4) is 0 Å². The van der Waals surface area contributed by atoms with E-state index in [2.05, 4.69) is 9.97 Å². The molecule has 0 amide bonds. The first-order valence-electron chi connectivity index (χ1n) is 7.44. The van der Waals surface area contributed by atoms with Crippen LogP contribution in [0.3, 0.4) is 0 Å². The van der Waals surface area contributed by atoms with Crippen LogP contribution in [0.2, 0.25) is 0 Å². The number of rotatable bonds is 4. The average molecular weight is 348 g/mol. The quantitative estimate of drug-likeness (QED) is 0.476. The molecule has 2 aromatic heterocycles. The number of aromatic nitrogens is 2. The van der Waals surface area contributed by atoms with Gasteiger partial charge in [-0.1, -0.05) is 0 Å². The summed E-state index contributed by atoms with van der Waals surface area (Å²) in [5.41, 5.74) is 0.283. The molecular formula is C15H16N4O4S. The van der Waals surface area contributed by atoms with Gasteiger partial charge in [-0.15, -0.1) is 11.3 Å². The van der Waals surface area contributed by atoms with E-state index in [0.717, 1.165) is 22.7 Å². The Balaban J connectivity index is 1.98. The Labute approximate surface area is 142 Å². The summed E-state index contributed by atoms with van der Waals surface area (Å²) in [6.07, 6.45) is 3.23. The molecule has 0 radical (unpaired) electrons. The van der Waals surface area contributed by atoms with Crippen LogP contribution in [0.15, 0.2) is 18.3 Å². The maximum Gasteiger partial charge on any atom is 0.357 e. The van der Waals surface area contributed by atoms with Crippen LogP contribution >= 0.6 is 11.3 Å². The number of pyridine rings is 1. The molecule has 24 heavy (non-hydrogen) atoms. The molecule has 0 spiro atoms. The van der Waals surface area contributed by atoms with E-state index < -0.39 is 10.9 Å². The van der Waals surface area contributed by atoms with E-state index in [9.17, 15) is 14.9 Å². The number of nitro groups is 1. The van der Waals surface area contributed by atoms with Gasteiger partial charge in [-0.3, -0.25) is 10.1 Å². The number of esters is 1. The highest BCUT2D eigenvalue weighted by Crippen LogP contribution is 2.40. The minimum absolute atomic E-state index is 0.0223. The van der Waals surface area contributed by atoms with Crippen molar-refractivity contribution in [1.82, 2.24) is 9.97 Å². The van der Waals surface area contributed by atoms with E-state index in [0.29, 0.717) is 18.1 Å². The summed E-state index contributed by atoms with van der Waals surface area (Å²) in [5, 5.41) is 12.0. The lowest BCUT2D eigenvalue weighted by Gasteiger charge is -2.23. The molecule has 1 saturated heterocycles. The van der Waals surface area contributed by atoms with E-state index in [1.807, 2.05) is 11.8 Å². The van der Waals surface area contributed by atoms with Gasteiger partial charge in [0.25, 0.3) is 0 Å². The fourth-order valence-electron chi connectivity index (χ4n) is 2.87. The smallest absolute Gasteiger partial charge is 0.357 e. The van der Waals surface area contributed by atoms with E-state index in [4.69, 9.17) is 4.74 Å². The zero-order chi connectivity index (χ0) is 17.3. The van der Waals surface area contributed by atoms with E-state index in [1.165, 1.54) is 24.5 Å². The highest BCUT2D eigenvalue weighted by Gasteiger charge is 2.34. The first-order valence-corrected chi connectivity index (χ1v) is 8.26. The molecule has 1 unspecified atom stereocenters. The number of hydrogen-bond acceptors (Lipinski definition) is 8. The van der Waals surface area contributed by atoms with Gasteiger partial charge in [-0.05, 0) is 25.8 Å². The Morgan fingerprint density at radius 2 is 2.33 bits per heavy atom. The van der Waals surface area contributed by atoms with Gasteiger partial charge < -0.3 is 9.64 Å². The molecule has 8 nitrogen and oxygen atoms in total. The van der Waals surface area contributed by atoms with Crippen molar-refractivity contribution in [1.29, 1.82) is 0 Å². The molecule has 3 heterocycles. The van der Waals surface area contributed by atoms with Gasteiger partial charge in [-0.25, -0.2) is 14.8 Å². The van der Waals surface area contributed by atoms with Crippen LogP contribution in [0.1, 0.15) is 39.3 Å². The molecule has 3 rings (SSSR count). The van der Waals surface area contributed by atoms with E-state index >= 15 is 0 Å². The first kappa shape index (κ1) is 16.3. The highest BCUT2D eigenvalue weighted by molar-refractivity contribution is 7.12. The average Bonchev–Trinajstić information content (AvgIpc) is 3.20. The summed E-state index contributed by atoms with van der Waals surface area (Å²) in [6.45, 7) is 2.48. The van der Waals surface area contributed by atoms with Crippen molar-refractivity contribution >= 4 is 28.8 Å². The number of thiazole rings is 1. The molecule has 1 atom stereocenters. The summed E-state index contributed by atoms with van der Waals surface area (Å²) >= 11 is 1.42. The number of anilines is 1. The van der Waals surface area contributed by atoms with Gasteiger partial charge in [0.1, 0.15) is 5.01 Å². The molecule has 0 aliphatic carbocycles. The van der Waals surface area contributed by atoms with E-state index in [-0.39, 0.29) is 11.7 Å². The lowest BCUT2D eigenvalue weighted by atomic mass is 10.2. The summed E-state index contributed by atoms with van der Waals surface area (Å²) in [5.74, 6) is -0.124. The second-order valence-electron chi connectivity index (χ2n) is 5.40. The molecule has 0 saturated carbocycles. The molecule has 0 N–H and O–H groups in total. The summed E-state index contributed by atoms with van der Waals surface area (Å²) in [7, 11) is 1.32. The lowest BCUT2D eigenvalue weighted by Crippen LogP contribution is -2.24. The van der Waals surface area contributed by atoms with Crippen LogP contribution in [0.5, 0.6) is 0 Å². The van der Waals surface area contributed by atoms with Gasteiger partial charge in [0.2, 0.25) is 5.82 Å². The van der Waals surface area contributed by atoms with Crippen LogP contribution < -0.4 is 4.90 Å². The molecule has 2 aromatic rings. The fourth-order valence-corrected chi connectivity index (χ4v) is 3.93. The monoisotopic (exact) mass is 348 g/mol. The van der Waals surface area contributed by atoms with Crippen LogP contribution in [0, 0.1) is 17.0 Å².